The lowest BCUT2D eigenvalue weighted by molar-refractivity contribution is -0.385. The fourth-order valence-corrected chi connectivity index (χ4v) is 3.35. The smallest absolute Gasteiger partial charge is 0.311 e. The van der Waals surface area contributed by atoms with Crippen molar-refractivity contribution in [1.29, 1.82) is 0 Å². The summed E-state index contributed by atoms with van der Waals surface area (Å²) in [5, 5.41) is 23.9. The molecule has 2 aromatic carbocycles. The summed E-state index contributed by atoms with van der Waals surface area (Å²) < 4.78 is 22.3. The number of fused-ring (bicyclic) bond motifs is 1. The first-order valence-electron chi connectivity index (χ1n) is 10.5. The number of nitro groups is 1. The first-order valence-corrected chi connectivity index (χ1v) is 11.3. The molecule has 11 nitrogen and oxygen atoms in total. The number of hydrogen-bond acceptors (Lipinski definition) is 10. The molecule has 0 aliphatic heterocycles. The molecule has 12 heteroatoms. The molecular weight excluding hydrogens is 512 g/mol. The molecule has 0 unspecified atom stereocenters. The highest BCUT2D eigenvalue weighted by Crippen LogP contribution is 2.34. The highest BCUT2D eigenvalue weighted by molar-refractivity contribution is 9.10. The molecular formula is C22H25BrN4O7. The van der Waals surface area contributed by atoms with Crippen molar-refractivity contribution in [1.82, 2.24) is 9.97 Å². The highest BCUT2D eigenvalue weighted by atomic mass is 79.9. The lowest BCUT2D eigenvalue weighted by Gasteiger charge is -2.11. The van der Waals surface area contributed by atoms with Crippen molar-refractivity contribution in [3.8, 4) is 5.75 Å². The zero-order valence-corrected chi connectivity index (χ0v) is 19.9. The van der Waals surface area contributed by atoms with E-state index in [0.29, 0.717) is 43.1 Å². The van der Waals surface area contributed by atoms with Gasteiger partial charge < -0.3 is 29.4 Å². The summed E-state index contributed by atoms with van der Waals surface area (Å²) in [5.74, 6) is 0.549. The van der Waals surface area contributed by atoms with Gasteiger partial charge in [0, 0.05) is 22.3 Å². The summed E-state index contributed by atoms with van der Waals surface area (Å²) in [7, 11) is 0. The third-order valence-corrected chi connectivity index (χ3v) is 4.96. The van der Waals surface area contributed by atoms with Crippen molar-refractivity contribution in [2.24, 2.45) is 0 Å². The van der Waals surface area contributed by atoms with Crippen LogP contribution >= 0.6 is 15.9 Å². The quantitative estimate of drug-likeness (QED) is 0.168. The molecule has 1 heterocycles. The Labute approximate surface area is 204 Å². The first-order chi connectivity index (χ1) is 16.6. The second kappa shape index (κ2) is 13.7. The molecule has 0 amide bonds. The van der Waals surface area contributed by atoms with Crippen LogP contribution in [0.4, 0.5) is 17.2 Å². The van der Waals surface area contributed by atoms with Crippen molar-refractivity contribution < 1.29 is 29.0 Å². The van der Waals surface area contributed by atoms with Gasteiger partial charge in [-0.15, -0.1) is 0 Å². The fraction of sp³-hybridized carbons (Fsp3) is 0.364. The number of ether oxygens (including phenoxy) is 4. The van der Waals surface area contributed by atoms with E-state index in [9.17, 15) is 10.1 Å². The van der Waals surface area contributed by atoms with E-state index in [0.717, 1.165) is 10.2 Å². The Kier molecular flexibility index (Phi) is 10.4. The van der Waals surface area contributed by atoms with Gasteiger partial charge in [-0.3, -0.25) is 10.1 Å². The van der Waals surface area contributed by atoms with Crippen LogP contribution in [0.25, 0.3) is 10.9 Å². The molecule has 0 aliphatic carbocycles. The Bertz CT molecular complexity index is 1090. The van der Waals surface area contributed by atoms with Gasteiger partial charge in [0.1, 0.15) is 18.8 Å². The van der Waals surface area contributed by atoms with Crippen LogP contribution in [-0.2, 0) is 14.2 Å². The molecule has 0 saturated heterocycles. The van der Waals surface area contributed by atoms with Gasteiger partial charge >= 0.3 is 5.69 Å². The molecule has 0 saturated carbocycles. The monoisotopic (exact) mass is 536 g/mol. The van der Waals surface area contributed by atoms with Crippen LogP contribution in [0.1, 0.15) is 0 Å². The van der Waals surface area contributed by atoms with Crippen LogP contribution in [-0.4, -0.2) is 72.9 Å². The van der Waals surface area contributed by atoms with Gasteiger partial charge in [-0.2, -0.15) is 0 Å². The topological polar surface area (TPSA) is 138 Å². The number of nitrogens with zero attached hydrogens (tertiary/aromatic N) is 3. The van der Waals surface area contributed by atoms with Crippen LogP contribution in [0.15, 0.2) is 47.2 Å². The van der Waals surface area contributed by atoms with Crippen molar-refractivity contribution in [2.75, 3.05) is 58.2 Å². The second-order valence-electron chi connectivity index (χ2n) is 6.86. The molecule has 1 aromatic heterocycles. The zero-order valence-electron chi connectivity index (χ0n) is 18.3. The third-order valence-electron chi connectivity index (χ3n) is 4.46. The summed E-state index contributed by atoms with van der Waals surface area (Å²) in [4.78, 5) is 19.6. The second-order valence-corrected chi connectivity index (χ2v) is 7.78. The van der Waals surface area contributed by atoms with Crippen LogP contribution in [0.5, 0.6) is 5.75 Å². The molecule has 0 spiro atoms. The van der Waals surface area contributed by atoms with Crippen LogP contribution in [0.2, 0.25) is 0 Å². The summed E-state index contributed by atoms with van der Waals surface area (Å²) in [6, 6.07) is 10.4. The predicted octanol–water partition coefficient (Wildman–Crippen LogP) is 3.47. The Morgan fingerprint density at radius 1 is 0.971 bits per heavy atom. The molecule has 2 N–H and O–H groups in total. The molecule has 0 bridgehead atoms. The number of anilines is 2. The maximum Gasteiger partial charge on any atom is 0.311 e. The predicted molar refractivity (Wildman–Crippen MR) is 129 cm³/mol. The maximum atomic E-state index is 11.7. The zero-order chi connectivity index (χ0) is 24.2. The van der Waals surface area contributed by atoms with Gasteiger partial charge in [-0.1, -0.05) is 22.0 Å². The maximum absolute atomic E-state index is 11.7. The molecule has 182 valence electrons. The molecule has 0 atom stereocenters. The largest absolute Gasteiger partial charge is 0.484 e. The van der Waals surface area contributed by atoms with E-state index in [2.05, 4.69) is 31.2 Å². The SMILES string of the molecule is O=[N+]([O-])c1cc2c(Nc3cccc(Br)c3)ncnc2cc1OCCOCCOCCOCCO. The molecule has 0 radical (unpaired) electrons. The van der Waals surface area contributed by atoms with Gasteiger partial charge in [0.25, 0.3) is 0 Å². The average molecular weight is 537 g/mol. The molecule has 3 rings (SSSR count). The Hall–Kier alpha value is -2.90. The number of aromatic nitrogens is 2. The lowest BCUT2D eigenvalue weighted by atomic mass is 10.2. The first kappa shape index (κ1) is 25.7. The number of benzene rings is 2. The van der Waals surface area contributed by atoms with E-state index < -0.39 is 4.92 Å². The minimum atomic E-state index is -0.502. The fourth-order valence-electron chi connectivity index (χ4n) is 2.95. The third kappa shape index (κ3) is 7.85. The van der Waals surface area contributed by atoms with E-state index in [1.54, 1.807) is 0 Å². The number of halogens is 1. The van der Waals surface area contributed by atoms with Crippen LogP contribution in [0.3, 0.4) is 0 Å². The number of hydrogen-bond donors (Lipinski definition) is 2. The average Bonchev–Trinajstić information content (AvgIpc) is 2.82. The van der Waals surface area contributed by atoms with Gasteiger partial charge in [-0.05, 0) is 18.2 Å². The van der Waals surface area contributed by atoms with E-state index >= 15 is 0 Å². The van der Waals surface area contributed by atoms with E-state index in [1.165, 1.54) is 18.5 Å². The van der Waals surface area contributed by atoms with Gasteiger partial charge in [-0.25, -0.2) is 9.97 Å². The summed E-state index contributed by atoms with van der Waals surface area (Å²) >= 11 is 3.42. The number of aliphatic hydroxyl groups excluding tert-OH is 1. The van der Waals surface area contributed by atoms with Crippen LogP contribution < -0.4 is 10.1 Å². The summed E-state index contributed by atoms with van der Waals surface area (Å²) in [6.45, 7) is 2.16. The normalized spacial score (nSPS) is 11.0. The minimum Gasteiger partial charge on any atom is -0.484 e. The molecule has 3 aromatic rings. The van der Waals surface area contributed by atoms with Crippen molar-refractivity contribution >= 4 is 44.0 Å². The van der Waals surface area contributed by atoms with E-state index in [1.807, 2.05) is 24.3 Å². The van der Waals surface area contributed by atoms with Crippen LogP contribution in [0, 0.1) is 10.1 Å². The highest BCUT2D eigenvalue weighted by Gasteiger charge is 2.19. The Morgan fingerprint density at radius 2 is 1.68 bits per heavy atom. The van der Waals surface area contributed by atoms with Crippen molar-refractivity contribution in [3.05, 3.63) is 57.3 Å². The van der Waals surface area contributed by atoms with E-state index in [4.69, 9.17) is 24.1 Å². The number of nitrogens with one attached hydrogen (secondary N) is 1. The molecule has 34 heavy (non-hydrogen) atoms. The Morgan fingerprint density at radius 3 is 2.35 bits per heavy atom. The minimum absolute atomic E-state index is 0.0185. The number of nitro benzene ring substituents is 1. The number of rotatable bonds is 15. The van der Waals surface area contributed by atoms with Gasteiger partial charge in [0.15, 0.2) is 5.75 Å². The lowest BCUT2D eigenvalue weighted by Crippen LogP contribution is -2.13. The standard InChI is InChI=1S/C22H25BrN4O7/c23-16-2-1-3-17(12-16)26-22-18-13-20(27(29)30)21(14-19(18)24-15-25-22)34-11-10-33-9-8-32-7-6-31-5-4-28/h1-3,12-15,28H,4-11H2,(H,24,25,26). The summed E-state index contributed by atoms with van der Waals surface area (Å²) in [6.07, 6.45) is 1.39. The summed E-state index contributed by atoms with van der Waals surface area (Å²) in [5.41, 5.74) is 1.09. The Balaban J connectivity index is 1.57. The van der Waals surface area contributed by atoms with Gasteiger partial charge in [0.05, 0.1) is 62.1 Å². The van der Waals surface area contributed by atoms with E-state index in [-0.39, 0.29) is 37.9 Å². The van der Waals surface area contributed by atoms with Crippen molar-refractivity contribution in [2.45, 2.75) is 0 Å². The molecule has 0 fully saturated rings. The number of aliphatic hydroxyl groups is 1. The van der Waals surface area contributed by atoms with Gasteiger partial charge in [0.2, 0.25) is 0 Å². The molecule has 0 aliphatic rings. The van der Waals surface area contributed by atoms with Crippen molar-refractivity contribution in [3.63, 3.8) is 0 Å².